The third kappa shape index (κ3) is 3.40. The van der Waals surface area contributed by atoms with Gasteiger partial charge < -0.3 is 5.32 Å². The first-order chi connectivity index (χ1) is 8.66. The van der Waals surface area contributed by atoms with Crippen LogP contribution in [0.15, 0.2) is 35.7 Å². The van der Waals surface area contributed by atoms with Crippen LogP contribution in [0.4, 0.5) is 4.39 Å². The first-order valence-electron chi connectivity index (χ1n) is 6.18. The molecule has 1 aromatic heterocycles. The molecule has 1 unspecified atom stereocenters. The molecule has 2 rings (SSSR count). The highest BCUT2D eigenvalue weighted by Crippen LogP contribution is 2.23. The van der Waals surface area contributed by atoms with E-state index in [1.807, 2.05) is 6.07 Å². The average Bonchev–Trinajstić information content (AvgIpc) is 2.75. The Bertz CT molecular complexity index is 507. The van der Waals surface area contributed by atoms with Crippen LogP contribution in [-0.2, 0) is 6.42 Å². The van der Waals surface area contributed by atoms with E-state index in [-0.39, 0.29) is 5.82 Å². The van der Waals surface area contributed by atoms with Gasteiger partial charge in [0, 0.05) is 10.9 Å². The molecule has 0 aliphatic carbocycles. The quantitative estimate of drug-likeness (QED) is 0.856. The first kappa shape index (κ1) is 13.2. The van der Waals surface area contributed by atoms with Crippen molar-refractivity contribution in [1.82, 2.24) is 5.32 Å². The Kier molecular flexibility index (Phi) is 4.50. The summed E-state index contributed by atoms with van der Waals surface area (Å²) >= 11 is 1.78. The summed E-state index contributed by atoms with van der Waals surface area (Å²) in [6, 6.07) is 9.31. The zero-order valence-electron chi connectivity index (χ0n) is 10.7. The normalized spacial score (nSPS) is 12.6. The number of rotatable bonds is 5. The maximum atomic E-state index is 13.0. The van der Waals surface area contributed by atoms with Gasteiger partial charge in [-0.3, -0.25) is 0 Å². The standard InChI is InChI=1S/C15H18FNS/c1-11-7-9-18-15(11)12(2)17-8-6-13-4-3-5-14(16)10-13/h3-5,7,9-10,12,17H,6,8H2,1-2H3. The van der Waals surface area contributed by atoms with E-state index < -0.39 is 0 Å². The number of aryl methyl sites for hydroxylation is 1. The minimum absolute atomic E-state index is 0.158. The Hall–Kier alpha value is -1.19. The van der Waals surface area contributed by atoms with E-state index in [1.54, 1.807) is 23.5 Å². The van der Waals surface area contributed by atoms with E-state index in [1.165, 1.54) is 16.5 Å². The monoisotopic (exact) mass is 263 g/mol. The molecule has 0 aliphatic heterocycles. The lowest BCUT2D eigenvalue weighted by Crippen LogP contribution is -2.21. The molecular formula is C15H18FNS. The number of hydrogen-bond donors (Lipinski definition) is 1. The minimum atomic E-state index is -0.158. The molecule has 1 aromatic carbocycles. The van der Waals surface area contributed by atoms with E-state index in [4.69, 9.17) is 0 Å². The molecule has 0 saturated heterocycles. The molecule has 0 aliphatic rings. The summed E-state index contributed by atoms with van der Waals surface area (Å²) in [5.74, 6) is -0.158. The van der Waals surface area contributed by atoms with Gasteiger partial charge in [-0.25, -0.2) is 4.39 Å². The van der Waals surface area contributed by atoms with Crippen LogP contribution in [0.5, 0.6) is 0 Å². The number of thiophene rings is 1. The van der Waals surface area contributed by atoms with E-state index in [0.29, 0.717) is 6.04 Å². The lowest BCUT2D eigenvalue weighted by Gasteiger charge is -2.13. The van der Waals surface area contributed by atoms with Crippen molar-refractivity contribution in [2.75, 3.05) is 6.54 Å². The van der Waals surface area contributed by atoms with Crippen LogP contribution >= 0.6 is 11.3 Å². The Morgan fingerprint density at radius 2 is 2.17 bits per heavy atom. The third-order valence-corrected chi connectivity index (χ3v) is 4.25. The Labute approximate surface area is 112 Å². The number of nitrogens with one attached hydrogen (secondary N) is 1. The second-order valence-corrected chi connectivity index (χ2v) is 5.47. The minimum Gasteiger partial charge on any atom is -0.309 e. The number of hydrogen-bond acceptors (Lipinski definition) is 2. The number of benzene rings is 1. The van der Waals surface area contributed by atoms with Gasteiger partial charge in [0.2, 0.25) is 0 Å². The van der Waals surface area contributed by atoms with Crippen molar-refractivity contribution in [1.29, 1.82) is 0 Å². The van der Waals surface area contributed by atoms with Crippen LogP contribution in [0.3, 0.4) is 0 Å². The van der Waals surface area contributed by atoms with Gasteiger partial charge in [-0.1, -0.05) is 12.1 Å². The van der Waals surface area contributed by atoms with Crippen LogP contribution in [0, 0.1) is 12.7 Å². The summed E-state index contributed by atoms with van der Waals surface area (Å²) in [6.07, 6.45) is 0.854. The van der Waals surface area contributed by atoms with Crippen LogP contribution in [0.1, 0.15) is 29.0 Å². The summed E-state index contributed by atoms with van der Waals surface area (Å²) in [7, 11) is 0. The predicted octanol–water partition coefficient (Wildman–Crippen LogP) is 4.09. The van der Waals surface area contributed by atoms with Crippen molar-refractivity contribution in [2.24, 2.45) is 0 Å². The first-order valence-corrected chi connectivity index (χ1v) is 7.06. The third-order valence-electron chi connectivity index (χ3n) is 3.05. The summed E-state index contributed by atoms with van der Waals surface area (Å²) in [5.41, 5.74) is 2.38. The van der Waals surface area contributed by atoms with Crippen LogP contribution in [-0.4, -0.2) is 6.54 Å². The summed E-state index contributed by atoms with van der Waals surface area (Å²) in [5, 5.41) is 5.60. The molecule has 1 nitrogen and oxygen atoms in total. The van der Waals surface area contributed by atoms with Crippen LogP contribution in [0.25, 0.3) is 0 Å². The molecule has 0 spiro atoms. The maximum absolute atomic E-state index is 13.0. The molecule has 18 heavy (non-hydrogen) atoms. The Morgan fingerprint density at radius 3 is 2.83 bits per heavy atom. The molecule has 1 heterocycles. The van der Waals surface area contributed by atoms with E-state index in [2.05, 4.69) is 30.6 Å². The van der Waals surface area contributed by atoms with Crippen LogP contribution < -0.4 is 5.32 Å². The van der Waals surface area contributed by atoms with Gasteiger partial charge in [0.1, 0.15) is 5.82 Å². The second-order valence-electron chi connectivity index (χ2n) is 4.52. The largest absolute Gasteiger partial charge is 0.309 e. The van der Waals surface area contributed by atoms with E-state index in [9.17, 15) is 4.39 Å². The fourth-order valence-electron chi connectivity index (χ4n) is 2.05. The van der Waals surface area contributed by atoms with Gasteiger partial charge in [0.25, 0.3) is 0 Å². The van der Waals surface area contributed by atoms with Gasteiger partial charge in [0.15, 0.2) is 0 Å². The molecular weight excluding hydrogens is 245 g/mol. The van der Waals surface area contributed by atoms with Crippen molar-refractivity contribution in [3.63, 3.8) is 0 Å². The van der Waals surface area contributed by atoms with E-state index in [0.717, 1.165) is 18.5 Å². The predicted molar refractivity (Wildman–Crippen MR) is 75.6 cm³/mol. The van der Waals surface area contributed by atoms with Crippen molar-refractivity contribution in [2.45, 2.75) is 26.3 Å². The van der Waals surface area contributed by atoms with Gasteiger partial charge in [-0.2, -0.15) is 0 Å². The Morgan fingerprint density at radius 1 is 1.33 bits per heavy atom. The molecule has 3 heteroatoms. The van der Waals surface area contributed by atoms with Crippen molar-refractivity contribution in [3.8, 4) is 0 Å². The molecule has 1 N–H and O–H groups in total. The maximum Gasteiger partial charge on any atom is 0.123 e. The Balaban J connectivity index is 1.84. The number of halogens is 1. The topological polar surface area (TPSA) is 12.0 Å². The average molecular weight is 263 g/mol. The van der Waals surface area contributed by atoms with Gasteiger partial charge in [0.05, 0.1) is 0 Å². The molecule has 0 bridgehead atoms. The van der Waals surface area contributed by atoms with Crippen molar-refractivity contribution in [3.05, 3.63) is 57.5 Å². The zero-order valence-corrected chi connectivity index (χ0v) is 11.6. The van der Waals surface area contributed by atoms with Crippen LogP contribution in [0.2, 0.25) is 0 Å². The van der Waals surface area contributed by atoms with Crippen molar-refractivity contribution >= 4 is 11.3 Å². The zero-order chi connectivity index (χ0) is 13.0. The molecule has 0 amide bonds. The summed E-state index contributed by atoms with van der Waals surface area (Å²) in [6.45, 7) is 5.17. The second kappa shape index (κ2) is 6.12. The fraction of sp³-hybridized carbons (Fsp3) is 0.333. The molecule has 2 aromatic rings. The van der Waals surface area contributed by atoms with Crippen molar-refractivity contribution < 1.29 is 4.39 Å². The SMILES string of the molecule is Cc1ccsc1C(C)NCCc1cccc(F)c1. The highest BCUT2D eigenvalue weighted by Gasteiger charge is 2.08. The molecule has 0 fully saturated rings. The van der Waals surface area contributed by atoms with Gasteiger partial charge in [-0.05, 0) is 61.5 Å². The lowest BCUT2D eigenvalue weighted by atomic mass is 10.1. The van der Waals surface area contributed by atoms with Gasteiger partial charge >= 0.3 is 0 Å². The lowest BCUT2D eigenvalue weighted by molar-refractivity contribution is 0.580. The summed E-state index contributed by atoms with van der Waals surface area (Å²) in [4.78, 5) is 1.38. The highest BCUT2D eigenvalue weighted by molar-refractivity contribution is 7.10. The summed E-state index contributed by atoms with van der Waals surface area (Å²) < 4.78 is 13.0. The van der Waals surface area contributed by atoms with E-state index >= 15 is 0 Å². The fourth-order valence-corrected chi connectivity index (χ4v) is 3.01. The molecule has 0 saturated carbocycles. The molecule has 96 valence electrons. The molecule has 1 atom stereocenters. The smallest absolute Gasteiger partial charge is 0.123 e. The highest BCUT2D eigenvalue weighted by atomic mass is 32.1. The van der Waals surface area contributed by atoms with Gasteiger partial charge in [-0.15, -0.1) is 11.3 Å². The molecule has 0 radical (unpaired) electrons.